The fraction of sp³-hybridized carbons (Fsp3) is 0.524. The average Bonchev–Trinajstić information content (AvgIpc) is 3.23. The van der Waals surface area contributed by atoms with E-state index in [0.717, 1.165) is 68.6 Å². The Labute approximate surface area is 170 Å². The molecule has 0 saturated carbocycles. The number of piperidine rings is 1. The number of rotatable bonds is 5. The summed E-state index contributed by atoms with van der Waals surface area (Å²) >= 11 is 1.60. The average molecular weight is 401 g/mol. The number of hydrogen-bond donors (Lipinski definition) is 0. The zero-order valence-corrected chi connectivity index (χ0v) is 17.2. The zero-order chi connectivity index (χ0) is 19.3. The fourth-order valence-electron chi connectivity index (χ4n) is 4.13. The van der Waals surface area contributed by atoms with Gasteiger partial charge in [-0.15, -0.1) is 0 Å². The van der Waals surface area contributed by atoms with Gasteiger partial charge in [0, 0.05) is 55.9 Å². The molecule has 0 N–H and O–H groups in total. The maximum atomic E-state index is 13.4. The van der Waals surface area contributed by atoms with Crippen LogP contribution in [0.2, 0.25) is 0 Å². The van der Waals surface area contributed by atoms with E-state index in [9.17, 15) is 4.79 Å². The van der Waals surface area contributed by atoms with Gasteiger partial charge in [0.1, 0.15) is 0 Å². The van der Waals surface area contributed by atoms with E-state index < -0.39 is 0 Å². The molecule has 2 saturated heterocycles. The monoisotopic (exact) mass is 400 g/mol. The first-order valence-electron chi connectivity index (χ1n) is 10.0. The molecule has 2 fully saturated rings. The van der Waals surface area contributed by atoms with Crippen LogP contribution in [0.15, 0.2) is 41.8 Å². The zero-order valence-electron chi connectivity index (χ0n) is 16.4. The smallest absolute Gasteiger partial charge is 0.254 e. The molecular weight excluding hydrogens is 372 g/mol. The minimum Gasteiger partial charge on any atom is -0.379 e. The Morgan fingerprint density at radius 2 is 2.11 bits per heavy atom. The summed E-state index contributed by atoms with van der Waals surface area (Å²) in [6.07, 6.45) is 9.12. The van der Waals surface area contributed by atoms with Crippen LogP contribution in [0, 0.1) is 0 Å². The van der Waals surface area contributed by atoms with Crippen LogP contribution in [0.4, 0.5) is 0 Å². The number of ether oxygens (including phenoxy) is 1. The van der Waals surface area contributed by atoms with Crippen molar-refractivity contribution in [3.8, 4) is 5.69 Å². The molecule has 1 unspecified atom stereocenters. The van der Waals surface area contributed by atoms with Gasteiger partial charge in [0.15, 0.2) is 5.16 Å². The summed E-state index contributed by atoms with van der Waals surface area (Å²) in [6.45, 7) is 5.32. The van der Waals surface area contributed by atoms with Crippen molar-refractivity contribution in [1.82, 2.24) is 19.4 Å². The number of hydrogen-bond acceptors (Lipinski definition) is 5. The highest BCUT2D eigenvalue weighted by atomic mass is 32.2. The van der Waals surface area contributed by atoms with Crippen LogP contribution in [0.1, 0.15) is 29.6 Å². The molecule has 2 aliphatic rings. The van der Waals surface area contributed by atoms with Crippen molar-refractivity contribution in [2.45, 2.75) is 30.5 Å². The van der Waals surface area contributed by atoms with Gasteiger partial charge in [-0.05, 0) is 43.7 Å². The van der Waals surface area contributed by atoms with Crippen molar-refractivity contribution in [3.05, 3.63) is 42.2 Å². The van der Waals surface area contributed by atoms with Gasteiger partial charge in [-0.3, -0.25) is 14.3 Å². The quantitative estimate of drug-likeness (QED) is 0.723. The fourth-order valence-corrected chi connectivity index (χ4v) is 4.66. The van der Waals surface area contributed by atoms with Crippen molar-refractivity contribution in [2.24, 2.45) is 0 Å². The molecule has 0 aliphatic carbocycles. The second-order valence-corrected chi connectivity index (χ2v) is 8.17. The van der Waals surface area contributed by atoms with Crippen molar-refractivity contribution in [1.29, 1.82) is 0 Å². The molecule has 1 amide bonds. The van der Waals surface area contributed by atoms with E-state index in [4.69, 9.17) is 4.74 Å². The van der Waals surface area contributed by atoms with Crippen LogP contribution in [0.3, 0.4) is 0 Å². The van der Waals surface area contributed by atoms with Crippen LogP contribution < -0.4 is 0 Å². The number of aromatic nitrogens is 2. The second kappa shape index (κ2) is 9.11. The molecule has 2 aliphatic heterocycles. The first kappa shape index (κ1) is 19.5. The maximum absolute atomic E-state index is 13.4. The number of carbonyl (C=O) groups excluding carboxylic acids is 1. The molecule has 0 bridgehead atoms. The lowest BCUT2D eigenvalue weighted by Crippen LogP contribution is -2.51. The summed E-state index contributed by atoms with van der Waals surface area (Å²) in [7, 11) is 0. The molecule has 0 radical (unpaired) electrons. The summed E-state index contributed by atoms with van der Waals surface area (Å²) in [4.78, 5) is 22.3. The number of amides is 1. The number of thioether (sulfide) groups is 1. The topological polar surface area (TPSA) is 50.6 Å². The highest BCUT2D eigenvalue weighted by molar-refractivity contribution is 7.98. The third-order valence-electron chi connectivity index (χ3n) is 5.62. The summed E-state index contributed by atoms with van der Waals surface area (Å²) in [5.74, 6) is 0.144. The standard InChI is InChI=1S/C21H28N4O2S/c1-28-21-22-8-10-25(21)18-7-4-5-17(15-18)20(26)24-9-3-2-6-19(24)16-23-11-13-27-14-12-23/h4-5,7-8,10,15,19H,2-3,6,9,11-14,16H2,1H3. The Morgan fingerprint density at radius 3 is 2.93 bits per heavy atom. The van der Waals surface area contributed by atoms with Crippen LogP contribution in [0.5, 0.6) is 0 Å². The third kappa shape index (κ3) is 4.26. The van der Waals surface area contributed by atoms with Crippen LogP contribution in [0.25, 0.3) is 5.69 Å². The molecular formula is C21H28N4O2S. The van der Waals surface area contributed by atoms with E-state index in [1.54, 1.807) is 18.0 Å². The van der Waals surface area contributed by atoms with E-state index in [0.29, 0.717) is 0 Å². The van der Waals surface area contributed by atoms with E-state index in [2.05, 4.69) is 14.8 Å². The summed E-state index contributed by atoms with van der Waals surface area (Å²) in [5.41, 5.74) is 1.74. The highest BCUT2D eigenvalue weighted by Gasteiger charge is 2.29. The SMILES string of the molecule is CSc1nccn1-c1cccc(C(=O)N2CCCCC2CN2CCOCC2)c1. The molecule has 4 rings (SSSR count). The van der Waals surface area contributed by atoms with E-state index in [1.165, 1.54) is 6.42 Å². The van der Waals surface area contributed by atoms with Crippen molar-refractivity contribution < 1.29 is 9.53 Å². The van der Waals surface area contributed by atoms with Gasteiger partial charge < -0.3 is 9.64 Å². The molecule has 0 spiro atoms. The van der Waals surface area contributed by atoms with Crippen molar-refractivity contribution in [3.63, 3.8) is 0 Å². The Morgan fingerprint density at radius 1 is 1.25 bits per heavy atom. The molecule has 7 heteroatoms. The lowest BCUT2D eigenvalue weighted by atomic mass is 10.00. The predicted octanol–water partition coefficient (Wildman–Crippen LogP) is 2.92. The third-order valence-corrected chi connectivity index (χ3v) is 6.29. The van der Waals surface area contributed by atoms with Gasteiger partial charge in [-0.25, -0.2) is 4.98 Å². The van der Waals surface area contributed by atoms with Crippen molar-refractivity contribution in [2.75, 3.05) is 45.6 Å². The number of carbonyl (C=O) groups is 1. The van der Waals surface area contributed by atoms with Crippen LogP contribution in [-0.4, -0.2) is 76.9 Å². The van der Waals surface area contributed by atoms with E-state index >= 15 is 0 Å². The molecule has 1 aromatic heterocycles. The highest BCUT2D eigenvalue weighted by Crippen LogP contribution is 2.23. The lowest BCUT2D eigenvalue weighted by molar-refractivity contribution is 0.0166. The Hall–Kier alpha value is -1.83. The molecule has 3 heterocycles. The largest absolute Gasteiger partial charge is 0.379 e. The number of benzene rings is 1. The Balaban J connectivity index is 1.52. The Kier molecular flexibility index (Phi) is 6.34. The molecule has 1 aromatic carbocycles. The number of morpholine rings is 1. The number of imidazole rings is 1. The predicted molar refractivity (Wildman–Crippen MR) is 111 cm³/mol. The first-order valence-corrected chi connectivity index (χ1v) is 11.3. The molecule has 2 aromatic rings. The van der Waals surface area contributed by atoms with Gasteiger partial charge in [-0.2, -0.15) is 0 Å². The number of likely N-dealkylation sites (tertiary alicyclic amines) is 1. The first-order chi connectivity index (χ1) is 13.8. The van der Waals surface area contributed by atoms with Gasteiger partial charge in [0.25, 0.3) is 5.91 Å². The van der Waals surface area contributed by atoms with Gasteiger partial charge in [-0.1, -0.05) is 17.8 Å². The van der Waals surface area contributed by atoms with Crippen LogP contribution >= 0.6 is 11.8 Å². The summed E-state index contributed by atoms with van der Waals surface area (Å²) in [6, 6.07) is 8.21. The van der Waals surface area contributed by atoms with Crippen molar-refractivity contribution >= 4 is 17.7 Å². The lowest BCUT2D eigenvalue weighted by Gasteiger charge is -2.39. The van der Waals surface area contributed by atoms with E-state index in [1.807, 2.05) is 41.3 Å². The molecule has 28 heavy (non-hydrogen) atoms. The van der Waals surface area contributed by atoms with E-state index in [-0.39, 0.29) is 11.9 Å². The summed E-state index contributed by atoms with van der Waals surface area (Å²) in [5, 5.41) is 0.924. The van der Waals surface area contributed by atoms with Gasteiger partial charge in [0.05, 0.1) is 13.2 Å². The Bertz CT molecular complexity index is 803. The summed E-state index contributed by atoms with van der Waals surface area (Å²) < 4.78 is 7.50. The number of nitrogens with zero attached hydrogens (tertiary/aromatic N) is 4. The van der Waals surface area contributed by atoms with Gasteiger partial charge >= 0.3 is 0 Å². The normalized spacial score (nSPS) is 21.0. The minimum absolute atomic E-state index is 0.144. The molecule has 1 atom stereocenters. The minimum atomic E-state index is 0.144. The van der Waals surface area contributed by atoms with Crippen LogP contribution in [-0.2, 0) is 4.74 Å². The van der Waals surface area contributed by atoms with Gasteiger partial charge in [0.2, 0.25) is 0 Å². The second-order valence-electron chi connectivity index (χ2n) is 7.40. The maximum Gasteiger partial charge on any atom is 0.254 e. The molecule has 6 nitrogen and oxygen atoms in total. The molecule has 150 valence electrons.